The number of hydrogen-bond donors (Lipinski definition) is 2. The lowest BCUT2D eigenvalue weighted by molar-refractivity contribution is 0.0935. The van der Waals surface area contributed by atoms with Crippen molar-refractivity contribution in [3.63, 3.8) is 0 Å². The van der Waals surface area contributed by atoms with Crippen LogP contribution in [0.1, 0.15) is 34.6 Å². The molecule has 0 saturated heterocycles. The highest BCUT2D eigenvalue weighted by Gasteiger charge is 2.16. The number of amides is 1. The molecule has 1 atom stereocenters. The van der Waals surface area contributed by atoms with Gasteiger partial charge in [0, 0.05) is 11.3 Å². The molecule has 2 aromatic carbocycles. The molecule has 0 radical (unpaired) electrons. The summed E-state index contributed by atoms with van der Waals surface area (Å²) in [5.41, 5.74) is 1.63. The number of carbonyl (C=O) groups excluding carboxylic acids is 1. The van der Waals surface area contributed by atoms with E-state index in [1.165, 1.54) is 6.07 Å². The Hall–Kier alpha value is -3.06. The lowest BCUT2D eigenvalue weighted by Crippen LogP contribution is -2.26. The second-order valence-electron chi connectivity index (χ2n) is 6.21. The fourth-order valence-electron chi connectivity index (χ4n) is 2.54. The van der Waals surface area contributed by atoms with Crippen molar-refractivity contribution in [1.82, 2.24) is 5.32 Å². The van der Waals surface area contributed by atoms with E-state index in [1.807, 2.05) is 6.92 Å². The van der Waals surface area contributed by atoms with Crippen LogP contribution in [0, 0.1) is 6.92 Å². The van der Waals surface area contributed by atoms with Gasteiger partial charge in [-0.2, -0.15) is 0 Å². The number of hydrogen-bond acceptors (Lipinski definition) is 4. The summed E-state index contributed by atoms with van der Waals surface area (Å²) < 4.78 is 32.8. The number of benzene rings is 2. The van der Waals surface area contributed by atoms with Gasteiger partial charge in [0.25, 0.3) is 15.9 Å². The average molecular weight is 384 g/mol. The van der Waals surface area contributed by atoms with Crippen LogP contribution in [0.25, 0.3) is 0 Å². The zero-order valence-corrected chi connectivity index (χ0v) is 15.8. The molecular weight excluding hydrogens is 364 g/mol. The van der Waals surface area contributed by atoms with E-state index >= 15 is 0 Å². The molecule has 1 heterocycles. The largest absolute Gasteiger partial charge is 0.467 e. The summed E-state index contributed by atoms with van der Waals surface area (Å²) in [5, 5.41) is 2.82. The first-order valence-corrected chi connectivity index (χ1v) is 9.87. The molecule has 3 aromatic rings. The molecule has 7 heteroatoms. The number of aryl methyl sites for hydroxylation is 1. The number of rotatable bonds is 6. The van der Waals surface area contributed by atoms with Crippen molar-refractivity contribution < 1.29 is 17.6 Å². The van der Waals surface area contributed by atoms with Gasteiger partial charge in [-0.3, -0.25) is 9.52 Å². The van der Waals surface area contributed by atoms with E-state index in [1.54, 1.807) is 67.8 Å². The van der Waals surface area contributed by atoms with Gasteiger partial charge in [0.05, 0.1) is 17.2 Å². The van der Waals surface area contributed by atoms with Crippen molar-refractivity contribution >= 4 is 21.6 Å². The van der Waals surface area contributed by atoms with Crippen LogP contribution in [-0.4, -0.2) is 14.3 Å². The van der Waals surface area contributed by atoms with E-state index in [0.29, 0.717) is 17.0 Å². The maximum absolute atomic E-state index is 12.5. The van der Waals surface area contributed by atoms with E-state index in [2.05, 4.69) is 10.0 Å². The van der Waals surface area contributed by atoms with Crippen molar-refractivity contribution in [3.05, 3.63) is 83.8 Å². The number of furan rings is 1. The minimum Gasteiger partial charge on any atom is -0.467 e. The van der Waals surface area contributed by atoms with Gasteiger partial charge in [-0.1, -0.05) is 23.8 Å². The van der Waals surface area contributed by atoms with Crippen LogP contribution in [0.2, 0.25) is 0 Å². The number of carbonyl (C=O) groups is 1. The second-order valence-corrected chi connectivity index (χ2v) is 7.89. The van der Waals surface area contributed by atoms with Gasteiger partial charge >= 0.3 is 0 Å². The Morgan fingerprint density at radius 2 is 1.78 bits per heavy atom. The molecule has 6 nitrogen and oxygen atoms in total. The molecule has 0 unspecified atom stereocenters. The fraction of sp³-hybridized carbons (Fsp3) is 0.150. The molecule has 1 aromatic heterocycles. The monoisotopic (exact) mass is 384 g/mol. The minimum absolute atomic E-state index is 0.161. The van der Waals surface area contributed by atoms with Gasteiger partial charge in [-0.05, 0) is 56.3 Å². The topological polar surface area (TPSA) is 88.4 Å². The molecule has 0 aliphatic rings. The molecule has 0 aliphatic carbocycles. The summed E-state index contributed by atoms with van der Waals surface area (Å²) in [7, 11) is -3.73. The SMILES string of the molecule is Cc1ccc(S(=O)(=O)Nc2cccc(C(=O)N[C@@H](C)c3ccco3)c2)cc1. The van der Waals surface area contributed by atoms with Crippen LogP contribution in [0.4, 0.5) is 5.69 Å². The van der Waals surface area contributed by atoms with E-state index in [-0.39, 0.29) is 16.8 Å². The van der Waals surface area contributed by atoms with Gasteiger partial charge in [0.15, 0.2) is 0 Å². The Kier molecular flexibility index (Phi) is 5.32. The van der Waals surface area contributed by atoms with Crippen LogP contribution in [0.3, 0.4) is 0 Å². The first-order valence-electron chi connectivity index (χ1n) is 8.39. The molecule has 2 N–H and O–H groups in total. The second kappa shape index (κ2) is 7.67. The van der Waals surface area contributed by atoms with Gasteiger partial charge in [-0.15, -0.1) is 0 Å². The molecule has 3 rings (SSSR count). The maximum atomic E-state index is 12.5. The Labute approximate surface area is 158 Å². The van der Waals surface area contributed by atoms with Crippen molar-refractivity contribution in [2.24, 2.45) is 0 Å². The molecule has 1 amide bonds. The number of anilines is 1. The maximum Gasteiger partial charge on any atom is 0.261 e. The highest BCUT2D eigenvalue weighted by atomic mass is 32.2. The molecule has 140 valence electrons. The molecule has 0 fully saturated rings. The lowest BCUT2D eigenvalue weighted by Gasteiger charge is -2.13. The smallest absolute Gasteiger partial charge is 0.261 e. The summed E-state index contributed by atoms with van der Waals surface area (Å²) in [4.78, 5) is 12.6. The predicted octanol–water partition coefficient (Wildman–Crippen LogP) is 3.88. The number of nitrogens with one attached hydrogen (secondary N) is 2. The molecule has 27 heavy (non-hydrogen) atoms. The summed E-state index contributed by atoms with van der Waals surface area (Å²) in [5.74, 6) is 0.315. The van der Waals surface area contributed by atoms with E-state index in [9.17, 15) is 13.2 Å². The van der Waals surface area contributed by atoms with E-state index < -0.39 is 10.0 Å². The van der Waals surface area contributed by atoms with Crippen LogP contribution >= 0.6 is 0 Å². The Balaban J connectivity index is 1.75. The van der Waals surface area contributed by atoms with Crippen LogP contribution in [-0.2, 0) is 10.0 Å². The normalized spacial score (nSPS) is 12.4. The molecule has 0 spiro atoms. The first-order chi connectivity index (χ1) is 12.8. The molecule has 0 aliphatic heterocycles. The van der Waals surface area contributed by atoms with Gasteiger partial charge in [0.1, 0.15) is 5.76 Å². The van der Waals surface area contributed by atoms with Crippen LogP contribution in [0.5, 0.6) is 0 Å². The third-order valence-corrected chi connectivity index (χ3v) is 5.42. The molecular formula is C20H20N2O4S. The average Bonchev–Trinajstić information content (AvgIpc) is 3.17. The van der Waals surface area contributed by atoms with E-state index in [4.69, 9.17) is 4.42 Å². The van der Waals surface area contributed by atoms with Crippen molar-refractivity contribution in [3.8, 4) is 0 Å². The summed E-state index contributed by atoms with van der Waals surface area (Å²) in [6.45, 7) is 3.69. The third kappa shape index (κ3) is 4.57. The van der Waals surface area contributed by atoms with E-state index in [0.717, 1.165) is 5.56 Å². The zero-order valence-electron chi connectivity index (χ0n) is 15.0. The van der Waals surface area contributed by atoms with Gasteiger partial charge < -0.3 is 9.73 Å². The van der Waals surface area contributed by atoms with Gasteiger partial charge in [0.2, 0.25) is 0 Å². The predicted molar refractivity (Wildman–Crippen MR) is 103 cm³/mol. The lowest BCUT2D eigenvalue weighted by atomic mass is 10.1. The van der Waals surface area contributed by atoms with Crippen molar-refractivity contribution in [2.45, 2.75) is 24.8 Å². The standard InChI is InChI=1S/C20H20N2O4S/c1-14-8-10-18(11-9-14)27(24,25)22-17-6-3-5-16(13-17)20(23)21-15(2)19-7-4-12-26-19/h3-13,15,22H,1-2H3,(H,21,23)/t15-/m0/s1. The Bertz CT molecular complexity index is 1030. The molecule has 0 saturated carbocycles. The first kappa shape index (κ1) is 18.7. The van der Waals surface area contributed by atoms with Gasteiger partial charge in [-0.25, -0.2) is 8.42 Å². The van der Waals surface area contributed by atoms with Crippen LogP contribution in [0.15, 0.2) is 76.2 Å². The highest BCUT2D eigenvalue weighted by molar-refractivity contribution is 7.92. The van der Waals surface area contributed by atoms with Crippen molar-refractivity contribution in [1.29, 1.82) is 0 Å². The Morgan fingerprint density at radius 1 is 1.04 bits per heavy atom. The number of sulfonamides is 1. The highest BCUT2D eigenvalue weighted by Crippen LogP contribution is 2.19. The Morgan fingerprint density at radius 3 is 2.44 bits per heavy atom. The summed E-state index contributed by atoms with van der Waals surface area (Å²) in [6, 6.07) is 16.1. The minimum atomic E-state index is -3.73. The quantitative estimate of drug-likeness (QED) is 0.675. The fourth-order valence-corrected chi connectivity index (χ4v) is 3.59. The van der Waals surface area contributed by atoms with Crippen molar-refractivity contribution in [2.75, 3.05) is 4.72 Å². The van der Waals surface area contributed by atoms with Crippen LogP contribution < -0.4 is 10.0 Å². The molecule has 0 bridgehead atoms. The third-order valence-electron chi connectivity index (χ3n) is 4.03. The zero-order chi connectivity index (χ0) is 19.4. The summed E-state index contributed by atoms with van der Waals surface area (Å²) in [6.07, 6.45) is 1.54. The summed E-state index contributed by atoms with van der Waals surface area (Å²) >= 11 is 0.